The first kappa shape index (κ1) is 49.4. The number of nitrogens with one attached hydrogen (secondary N) is 1. The number of aldehydes is 1. The SMILES string of the molecule is CNCCCCN(CCCN1CCN(CCOCCOCCOCCOCc2cn(CCOCCOCCOCCOCCC=O)nn2)CC1)C(CO)CO. The maximum Gasteiger partial charge on any atom is 0.122 e. The number of aliphatic hydroxyl groups excluding tert-OH is 2. The van der Waals surface area contributed by atoms with Gasteiger partial charge in [0.15, 0.2) is 0 Å². The number of hydrogen-bond acceptors (Lipinski definition) is 17. The van der Waals surface area contributed by atoms with Crippen molar-refractivity contribution in [1.29, 1.82) is 0 Å². The molecule has 0 atom stereocenters. The molecule has 1 saturated heterocycles. The Kier molecular flexibility index (Phi) is 32.9. The fourth-order valence-electron chi connectivity index (χ4n) is 5.71. The average molecular weight is 792 g/mol. The van der Waals surface area contributed by atoms with Crippen LogP contribution in [0, 0.1) is 0 Å². The molecular weight excluding hydrogens is 718 g/mol. The number of aliphatic hydroxyl groups is 2. The Balaban J connectivity index is 1.31. The van der Waals surface area contributed by atoms with Crippen molar-refractivity contribution in [3.8, 4) is 0 Å². The van der Waals surface area contributed by atoms with E-state index in [0.29, 0.717) is 119 Å². The first-order valence-corrected chi connectivity index (χ1v) is 20.2. The molecule has 0 aromatic carbocycles. The summed E-state index contributed by atoms with van der Waals surface area (Å²) in [6, 6.07) is -0.168. The van der Waals surface area contributed by atoms with Crippen LogP contribution in [0.5, 0.6) is 0 Å². The van der Waals surface area contributed by atoms with E-state index in [9.17, 15) is 15.0 Å². The van der Waals surface area contributed by atoms with E-state index in [2.05, 4.69) is 30.3 Å². The highest BCUT2D eigenvalue weighted by molar-refractivity contribution is 5.49. The topological polar surface area (TPSA) is 184 Å². The van der Waals surface area contributed by atoms with E-state index < -0.39 is 0 Å². The molecule has 1 aliphatic rings. The Labute approximate surface area is 328 Å². The number of unbranched alkanes of at least 4 members (excludes halogenated alkanes) is 1. The van der Waals surface area contributed by atoms with Gasteiger partial charge in [0.25, 0.3) is 0 Å². The van der Waals surface area contributed by atoms with Gasteiger partial charge >= 0.3 is 0 Å². The summed E-state index contributed by atoms with van der Waals surface area (Å²) in [6.45, 7) is 17.5. The van der Waals surface area contributed by atoms with Crippen LogP contribution < -0.4 is 5.32 Å². The fraction of sp³-hybridized carbons (Fsp3) is 0.919. The molecule has 3 N–H and O–H groups in total. The molecule has 1 aliphatic heterocycles. The highest BCUT2D eigenvalue weighted by Gasteiger charge is 2.19. The molecule has 0 unspecified atom stereocenters. The minimum Gasteiger partial charge on any atom is -0.395 e. The zero-order valence-electron chi connectivity index (χ0n) is 33.6. The van der Waals surface area contributed by atoms with Gasteiger partial charge < -0.3 is 63.1 Å². The second-order valence-corrected chi connectivity index (χ2v) is 13.2. The molecule has 0 bridgehead atoms. The molecule has 1 fully saturated rings. The number of piperazine rings is 1. The average Bonchev–Trinajstić information content (AvgIpc) is 3.66. The van der Waals surface area contributed by atoms with Crippen molar-refractivity contribution in [2.75, 3.05) is 178 Å². The normalized spacial score (nSPS) is 14.2. The lowest BCUT2D eigenvalue weighted by atomic mass is 10.2. The van der Waals surface area contributed by atoms with Crippen molar-refractivity contribution in [2.24, 2.45) is 0 Å². The molecule has 1 aromatic heterocycles. The first-order valence-electron chi connectivity index (χ1n) is 20.2. The van der Waals surface area contributed by atoms with Crippen LogP contribution >= 0.6 is 0 Å². The van der Waals surface area contributed by atoms with Gasteiger partial charge in [0.05, 0.1) is 138 Å². The van der Waals surface area contributed by atoms with Crippen molar-refractivity contribution in [1.82, 2.24) is 35.0 Å². The van der Waals surface area contributed by atoms with Crippen LogP contribution in [0.3, 0.4) is 0 Å². The summed E-state index contributed by atoms with van der Waals surface area (Å²) in [4.78, 5) is 17.4. The predicted octanol–water partition coefficient (Wildman–Crippen LogP) is -0.838. The van der Waals surface area contributed by atoms with Gasteiger partial charge in [0.1, 0.15) is 12.0 Å². The zero-order chi connectivity index (χ0) is 39.3. The summed E-state index contributed by atoms with van der Waals surface area (Å²) in [5.74, 6) is 0. The largest absolute Gasteiger partial charge is 0.395 e. The second-order valence-electron chi connectivity index (χ2n) is 13.2. The summed E-state index contributed by atoms with van der Waals surface area (Å²) in [5, 5.41) is 30.8. The molecule has 0 radical (unpaired) electrons. The van der Waals surface area contributed by atoms with E-state index in [-0.39, 0.29) is 19.3 Å². The molecule has 322 valence electrons. The lowest BCUT2D eigenvalue weighted by Gasteiger charge is -2.35. The van der Waals surface area contributed by atoms with Crippen molar-refractivity contribution in [3.63, 3.8) is 0 Å². The van der Waals surface area contributed by atoms with Gasteiger partial charge in [0.2, 0.25) is 0 Å². The summed E-state index contributed by atoms with van der Waals surface area (Å²) in [7, 11) is 1.96. The van der Waals surface area contributed by atoms with Crippen LogP contribution in [0.4, 0.5) is 0 Å². The van der Waals surface area contributed by atoms with Gasteiger partial charge in [-0.3, -0.25) is 9.80 Å². The molecule has 55 heavy (non-hydrogen) atoms. The van der Waals surface area contributed by atoms with Crippen molar-refractivity contribution < 1.29 is 52.9 Å². The minimum absolute atomic E-state index is 0.00367. The highest BCUT2D eigenvalue weighted by Crippen LogP contribution is 2.07. The van der Waals surface area contributed by atoms with Gasteiger partial charge in [-0.15, -0.1) is 5.10 Å². The summed E-state index contributed by atoms with van der Waals surface area (Å²) >= 11 is 0. The minimum atomic E-state index is -0.168. The fourth-order valence-corrected chi connectivity index (χ4v) is 5.71. The summed E-state index contributed by atoms with van der Waals surface area (Å²) in [6.07, 6.45) is 6.28. The molecule has 1 aromatic rings. The van der Waals surface area contributed by atoms with Crippen LogP contribution in [0.15, 0.2) is 6.20 Å². The van der Waals surface area contributed by atoms with Gasteiger partial charge in [-0.05, 0) is 52.5 Å². The van der Waals surface area contributed by atoms with E-state index in [4.69, 9.17) is 37.9 Å². The number of rotatable bonds is 41. The Morgan fingerprint density at radius 1 is 0.673 bits per heavy atom. The number of carbonyl (C=O) groups excluding carboxylic acids is 1. The Hall–Kier alpha value is -1.75. The molecule has 18 nitrogen and oxygen atoms in total. The third-order valence-corrected chi connectivity index (χ3v) is 8.91. The third kappa shape index (κ3) is 27.5. The van der Waals surface area contributed by atoms with Gasteiger partial charge in [-0.2, -0.15) is 0 Å². The standard InChI is InChI=1S/C37H73N7O11/c1-38-6-2-3-8-43(37(33-46)34-47)9-4-7-41-10-12-42(13-11-41)14-18-49-21-24-52-28-29-54-30-31-55-35-36-32-44(40-39-36)15-19-50-22-25-53-27-26-51-23-20-48-17-5-16-45/h16,32,37-38,46-47H,2-15,17-31,33-35H2,1H3. The lowest BCUT2D eigenvalue weighted by molar-refractivity contribution is -0.109. The van der Waals surface area contributed by atoms with Gasteiger partial charge in [0, 0.05) is 39.1 Å². The number of carbonyl (C=O) groups is 1. The molecule has 0 amide bonds. The molecule has 2 rings (SSSR count). The Morgan fingerprint density at radius 3 is 1.71 bits per heavy atom. The molecule has 18 heteroatoms. The molecule has 0 saturated carbocycles. The van der Waals surface area contributed by atoms with Gasteiger partial charge in [-0.25, -0.2) is 4.68 Å². The summed E-state index contributed by atoms with van der Waals surface area (Å²) in [5.41, 5.74) is 0.751. The van der Waals surface area contributed by atoms with E-state index in [1.807, 2.05) is 13.2 Å². The lowest BCUT2D eigenvalue weighted by Crippen LogP contribution is -2.48. The van der Waals surface area contributed by atoms with Gasteiger partial charge in [-0.1, -0.05) is 5.21 Å². The van der Waals surface area contributed by atoms with Crippen LogP contribution in [-0.2, 0) is 55.8 Å². The summed E-state index contributed by atoms with van der Waals surface area (Å²) < 4.78 is 46.0. The Morgan fingerprint density at radius 2 is 1.16 bits per heavy atom. The van der Waals surface area contributed by atoms with Crippen LogP contribution in [0.2, 0.25) is 0 Å². The van der Waals surface area contributed by atoms with Crippen LogP contribution in [0.25, 0.3) is 0 Å². The number of aromatic nitrogens is 3. The predicted molar refractivity (Wildman–Crippen MR) is 206 cm³/mol. The maximum absolute atomic E-state index is 10.2. The number of nitrogens with zero attached hydrogens (tertiary/aromatic N) is 6. The van der Waals surface area contributed by atoms with Crippen LogP contribution in [0.1, 0.15) is 31.4 Å². The molecule has 2 heterocycles. The Bertz CT molecular complexity index is 976. The van der Waals surface area contributed by atoms with Crippen LogP contribution in [-0.4, -0.2) is 231 Å². The number of hydrogen-bond donors (Lipinski definition) is 3. The van der Waals surface area contributed by atoms with Crippen molar-refractivity contribution in [3.05, 3.63) is 11.9 Å². The van der Waals surface area contributed by atoms with E-state index in [1.165, 1.54) is 0 Å². The maximum atomic E-state index is 10.2. The van der Waals surface area contributed by atoms with Crippen molar-refractivity contribution >= 4 is 6.29 Å². The second kappa shape index (κ2) is 36.6. The number of ether oxygens (including phenoxy) is 8. The zero-order valence-corrected chi connectivity index (χ0v) is 33.6. The monoisotopic (exact) mass is 792 g/mol. The quantitative estimate of drug-likeness (QED) is 0.0551. The first-order chi connectivity index (χ1) is 27.2. The highest BCUT2D eigenvalue weighted by atomic mass is 16.6. The van der Waals surface area contributed by atoms with Crippen molar-refractivity contribution in [2.45, 2.75) is 44.9 Å². The molecular formula is C37H73N7O11. The van der Waals surface area contributed by atoms with E-state index in [1.54, 1.807) is 4.68 Å². The molecule has 0 spiro atoms. The smallest absolute Gasteiger partial charge is 0.122 e. The third-order valence-electron chi connectivity index (χ3n) is 8.91. The molecule has 0 aliphatic carbocycles. The van der Waals surface area contributed by atoms with E-state index >= 15 is 0 Å². The van der Waals surface area contributed by atoms with E-state index in [0.717, 1.165) is 90.1 Å².